The predicted molar refractivity (Wildman–Crippen MR) is 107 cm³/mol. The maximum absolute atomic E-state index is 2.43. The fraction of sp³-hybridized carbons (Fsp3) is 0.500. The monoisotopic (exact) mass is 322 g/mol. The minimum absolute atomic E-state index is 0.521. The number of benzene rings is 2. The van der Waals surface area contributed by atoms with Crippen molar-refractivity contribution in [1.29, 1.82) is 0 Å². The lowest BCUT2D eigenvalue weighted by Gasteiger charge is -2.25. The molecule has 2 aromatic rings. The van der Waals surface area contributed by atoms with Crippen molar-refractivity contribution in [3.8, 4) is 0 Å². The van der Waals surface area contributed by atoms with Crippen molar-refractivity contribution in [2.45, 2.75) is 71.1 Å². The van der Waals surface area contributed by atoms with E-state index in [1.807, 2.05) is 0 Å². The quantitative estimate of drug-likeness (QED) is 0.374. The summed E-state index contributed by atoms with van der Waals surface area (Å²) in [7, 11) is 0. The molecule has 0 aliphatic heterocycles. The van der Waals surface area contributed by atoms with Gasteiger partial charge in [0.15, 0.2) is 0 Å². The van der Waals surface area contributed by atoms with Crippen LogP contribution >= 0.6 is 0 Å². The van der Waals surface area contributed by atoms with Crippen molar-refractivity contribution >= 4 is 0 Å². The zero-order valence-electron chi connectivity index (χ0n) is 15.6. The third-order valence-electron chi connectivity index (χ3n) is 5.15. The first-order valence-electron chi connectivity index (χ1n) is 9.92. The number of rotatable bonds is 11. The Balaban J connectivity index is 1.90. The molecule has 1 unspecified atom stereocenters. The molecular formula is C24H34. The number of hydrogen-bond acceptors (Lipinski definition) is 0. The van der Waals surface area contributed by atoms with E-state index in [2.05, 4.69) is 74.5 Å². The Morgan fingerprint density at radius 3 is 1.58 bits per heavy atom. The lowest BCUT2D eigenvalue weighted by Crippen LogP contribution is -2.11. The Morgan fingerprint density at radius 1 is 0.625 bits per heavy atom. The topological polar surface area (TPSA) is 0 Å². The van der Waals surface area contributed by atoms with E-state index >= 15 is 0 Å². The van der Waals surface area contributed by atoms with E-state index in [1.54, 1.807) is 0 Å². The summed E-state index contributed by atoms with van der Waals surface area (Å²) in [6.45, 7) is 4.72. The summed E-state index contributed by atoms with van der Waals surface area (Å²) in [6.07, 6.45) is 11.1. The SMILES string of the molecule is CCCCCCCCCC(C)C(c1ccccc1)c1ccccc1. The average molecular weight is 323 g/mol. The molecule has 1 atom stereocenters. The molecular weight excluding hydrogens is 288 g/mol. The molecule has 0 heteroatoms. The molecule has 0 fully saturated rings. The van der Waals surface area contributed by atoms with Gasteiger partial charge >= 0.3 is 0 Å². The first-order valence-corrected chi connectivity index (χ1v) is 9.92. The van der Waals surface area contributed by atoms with Crippen LogP contribution in [0.25, 0.3) is 0 Å². The Kier molecular flexibility index (Phi) is 8.66. The molecule has 0 N–H and O–H groups in total. The molecule has 130 valence electrons. The normalized spacial score (nSPS) is 12.5. The van der Waals surface area contributed by atoms with Gasteiger partial charge in [0.05, 0.1) is 0 Å². The van der Waals surface area contributed by atoms with Gasteiger partial charge in [0, 0.05) is 5.92 Å². The smallest absolute Gasteiger partial charge is 0.0115 e. The van der Waals surface area contributed by atoms with Gasteiger partial charge in [0.1, 0.15) is 0 Å². The lowest BCUT2D eigenvalue weighted by atomic mass is 9.79. The molecule has 0 radical (unpaired) electrons. The van der Waals surface area contributed by atoms with E-state index in [-0.39, 0.29) is 0 Å². The Morgan fingerprint density at radius 2 is 1.08 bits per heavy atom. The van der Waals surface area contributed by atoms with Crippen molar-refractivity contribution in [2.24, 2.45) is 5.92 Å². The van der Waals surface area contributed by atoms with E-state index in [1.165, 1.54) is 62.5 Å². The van der Waals surface area contributed by atoms with E-state index in [0.29, 0.717) is 11.8 Å². The Labute approximate surface area is 149 Å². The molecule has 0 saturated heterocycles. The van der Waals surface area contributed by atoms with Crippen LogP contribution in [0, 0.1) is 5.92 Å². The molecule has 0 aliphatic rings. The molecule has 2 rings (SSSR count). The summed E-state index contributed by atoms with van der Waals surface area (Å²) >= 11 is 0. The van der Waals surface area contributed by atoms with Crippen LogP contribution in [-0.2, 0) is 0 Å². The van der Waals surface area contributed by atoms with Crippen molar-refractivity contribution in [2.75, 3.05) is 0 Å². The second kappa shape index (κ2) is 11.1. The fourth-order valence-corrected chi connectivity index (χ4v) is 3.76. The predicted octanol–water partition coefficient (Wildman–Crippen LogP) is 7.60. The van der Waals surface area contributed by atoms with Gasteiger partial charge in [-0.3, -0.25) is 0 Å². The molecule has 0 aliphatic carbocycles. The van der Waals surface area contributed by atoms with Crippen molar-refractivity contribution in [1.82, 2.24) is 0 Å². The zero-order valence-corrected chi connectivity index (χ0v) is 15.6. The zero-order chi connectivity index (χ0) is 17.0. The van der Waals surface area contributed by atoms with Crippen LogP contribution in [0.2, 0.25) is 0 Å². The first-order chi connectivity index (χ1) is 11.8. The molecule has 0 amide bonds. The van der Waals surface area contributed by atoms with Crippen LogP contribution in [0.15, 0.2) is 60.7 Å². The highest BCUT2D eigenvalue weighted by Crippen LogP contribution is 2.34. The molecule has 0 heterocycles. The van der Waals surface area contributed by atoms with E-state index < -0.39 is 0 Å². The van der Waals surface area contributed by atoms with Crippen LogP contribution in [0.1, 0.15) is 82.3 Å². The standard InChI is InChI=1S/C24H34/c1-3-4-5-6-7-8-11-16-21(2)24(22-17-12-9-13-18-22)23-19-14-10-15-20-23/h9-10,12-15,17-21,24H,3-8,11,16H2,1-2H3. The molecule has 0 bridgehead atoms. The van der Waals surface area contributed by atoms with Gasteiger partial charge in [-0.2, -0.15) is 0 Å². The highest BCUT2D eigenvalue weighted by molar-refractivity contribution is 5.33. The van der Waals surface area contributed by atoms with Crippen LogP contribution in [0.4, 0.5) is 0 Å². The largest absolute Gasteiger partial charge is 0.0654 e. The van der Waals surface area contributed by atoms with Gasteiger partial charge in [-0.25, -0.2) is 0 Å². The second-order valence-electron chi connectivity index (χ2n) is 7.19. The number of unbranched alkanes of at least 4 members (excludes halogenated alkanes) is 6. The van der Waals surface area contributed by atoms with E-state index in [9.17, 15) is 0 Å². The van der Waals surface area contributed by atoms with Gasteiger partial charge in [-0.05, 0) is 23.5 Å². The summed E-state index contributed by atoms with van der Waals surface area (Å²) in [5.74, 6) is 1.21. The lowest BCUT2D eigenvalue weighted by molar-refractivity contribution is 0.441. The maximum atomic E-state index is 2.43. The first kappa shape index (κ1) is 18.8. The van der Waals surface area contributed by atoms with Gasteiger partial charge in [0.25, 0.3) is 0 Å². The van der Waals surface area contributed by atoms with Gasteiger partial charge in [-0.15, -0.1) is 0 Å². The van der Waals surface area contributed by atoms with Crippen LogP contribution < -0.4 is 0 Å². The summed E-state index contributed by atoms with van der Waals surface area (Å²) in [5, 5.41) is 0. The third kappa shape index (κ3) is 6.15. The van der Waals surface area contributed by atoms with Crippen LogP contribution in [0.3, 0.4) is 0 Å². The van der Waals surface area contributed by atoms with E-state index in [4.69, 9.17) is 0 Å². The van der Waals surface area contributed by atoms with Crippen LogP contribution in [-0.4, -0.2) is 0 Å². The van der Waals surface area contributed by atoms with Gasteiger partial charge < -0.3 is 0 Å². The summed E-state index contributed by atoms with van der Waals surface area (Å²) < 4.78 is 0. The highest BCUT2D eigenvalue weighted by Gasteiger charge is 2.20. The van der Waals surface area contributed by atoms with Crippen molar-refractivity contribution < 1.29 is 0 Å². The van der Waals surface area contributed by atoms with E-state index in [0.717, 1.165) is 0 Å². The molecule has 0 spiro atoms. The summed E-state index contributed by atoms with van der Waals surface area (Å²) in [6, 6.07) is 22.1. The minimum Gasteiger partial charge on any atom is -0.0654 e. The second-order valence-corrected chi connectivity index (χ2v) is 7.19. The molecule has 0 aromatic heterocycles. The molecule has 2 aromatic carbocycles. The minimum atomic E-state index is 0.521. The van der Waals surface area contributed by atoms with Crippen molar-refractivity contribution in [3.05, 3.63) is 71.8 Å². The molecule has 0 nitrogen and oxygen atoms in total. The highest BCUT2D eigenvalue weighted by atomic mass is 14.2. The van der Waals surface area contributed by atoms with Crippen LogP contribution in [0.5, 0.6) is 0 Å². The van der Waals surface area contributed by atoms with Crippen molar-refractivity contribution in [3.63, 3.8) is 0 Å². The van der Waals surface area contributed by atoms with Gasteiger partial charge in [-0.1, -0.05) is 119 Å². The third-order valence-corrected chi connectivity index (χ3v) is 5.15. The van der Waals surface area contributed by atoms with Gasteiger partial charge in [0.2, 0.25) is 0 Å². The summed E-state index contributed by atoms with van der Waals surface area (Å²) in [5.41, 5.74) is 2.92. The Hall–Kier alpha value is -1.56. The summed E-state index contributed by atoms with van der Waals surface area (Å²) in [4.78, 5) is 0. The molecule has 0 saturated carbocycles. The Bertz CT molecular complexity index is 489. The average Bonchev–Trinajstić information content (AvgIpc) is 2.63. The number of hydrogen-bond donors (Lipinski definition) is 0. The fourth-order valence-electron chi connectivity index (χ4n) is 3.76. The molecule has 24 heavy (non-hydrogen) atoms. The maximum Gasteiger partial charge on any atom is 0.0115 e.